The number of ketones is 1. The Morgan fingerprint density at radius 3 is 2.48 bits per heavy atom. The molecule has 162 valence electrons. The van der Waals surface area contributed by atoms with Crippen molar-refractivity contribution in [2.45, 2.75) is 12.5 Å². The fraction of sp³-hybridized carbons (Fsp3) is 0.273. The van der Waals surface area contributed by atoms with Gasteiger partial charge in [0.1, 0.15) is 11.6 Å². The largest absolute Gasteiger partial charge is 0.507 e. The van der Waals surface area contributed by atoms with Crippen LogP contribution in [0.25, 0.3) is 5.76 Å². The zero-order valence-corrected chi connectivity index (χ0v) is 17.1. The van der Waals surface area contributed by atoms with Crippen LogP contribution >= 0.6 is 0 Å². The van der Waals surface area contributed by atoms with Gasteiger partial charge >= 0.3 is 0 Å². The van der Waals surface area contributed by atoms with Gasteiger partial charge in [0, 0.05) is 24.2 Å². The molecule has 8 nitrogen and oxygen atoms in total. The molecule has 1 amide bonds. The zero-order valence-electron chi connectivity index (χ0n) is 17.1. The van der Waals surface area contributed by atoms with Crippen LogP contribution in [-0.4, -0.2) is 58.7 Å². The molecule has 1 N–H and O–H groups in total. The topological polar surface area (TPSA) is 104 Å². The number of benzene rings is 2. The molecule has 1 aliphatic heterocycles. The van der Waals surface area contributed by atoms with E-state index >= 15 is 0 Å². The molecule has 0 radical (unpaired) electrons. The van der Waals surface area contributed by atoms with Gasteiger partial charge in [-0.05, 0) is 44.8 Å². The molecule has 0 saturated carbocycles. The summed E-state index contributed by atoms with van der Waals surface area (Å²) in [5.41, 5.74) is 0.0644. The Bertz CT molecular complexity index is 1050. The lowest BCUT2D eigenvalue weighted by Crippen LogP contribution is -2.32. The van der Waals surface area contributed by atoms with Crippen molar-refractivity contribution in [1.29, 1.82) is 0 Å². The van der Waals surface area contributed by atoms with Crippen molar-refractivity contribution in [3.8, 4) is 0 Å². The molecule has 1 unspecified atom stereocenters. The molecule has 31 heavy (non-hydrogen) atoms. The standard InChI is InChI=1S/C22H22FN3O5/c1-24(2)11-4-12-25-19(14-7-9-16(23)10-8-14)18(21(28)22(25)29)20(27)15-5-3-6-17(13-15)26(30)31/h3,5-10,13,19,27H,4,11-12H2,1-2H3/b20-18-. The maximum Gasteiger partial charge on any atom is 0.295 e. The molecule has 1 atom stereocenters. The summed E-state index contributed by atoms with van der Waals surface area (Å²) in [6.07, 6.45) is 0.578. The van der Waals surface area contributed by atoms with Gasteiger partial charge in [0.25, 0.3) is 17.4 Å². The highest BCUT2D eigenvalue weighted by atomic mass is 19.1. The highest BCUT2D eigenvalue weighted by Crippen LogP contribution is 2.39. The van der Waals surface area contributed by atoms with Crippen LogP contribution in [0, 0.1) is 15.9 Å². The Morgan fingerprint density at radius 2 is 1.87 bits per heavy atom. The van der Waals surface area contributed by atoms with Gasteiger partial charge in [-0.1, -0.05) is 24.3 Å². The average Bonchev–Trinajstić information content (AvgIpc) is 2.98. The SMILES string of the molecule is CN(C)CCCN1C(=O)C(=O)/C(=C(\O)c2cccc([N+](=O)[O-])c2)C1c1ccc(F)cc1. The summed E-state index contributed by atoms with van der Waals surface area (Å²) < 4.78 is 13.5. The number of amides is 1. The van der Waals surface area contributed by atoms with Gasteiger partial charge in [-0.3, -0.25) is 19.7 Å². The summed E-state index contributed by atoms with van der Waals surface area (Å²) in [6.45, 7) is 0.917. The Balaban J connectivity index is 2.11. The van der Waals surface area contributed by atoms with Gasteiger partial charge in [0.2, 0.25) is 0 Å². The molecule has 0 aliphatic carbocycles. The molecule has 1 saturated heterocycles. The van der Waals surface area contributed by atoms with Crippen molar-refractivity contribution in [1.82, 2.24) is 9.80 Å². The third-order valence-electron chi connectivity index (χ3n) is 5.06. The van der Waals surface area contributed by atoms with Crippen LogP contribution in [0.5, 0.6) is 0 Å². The average molecular weight is 427 g/mol. The highest BCUT2D eigenvalue weighted by Gasteiger charge is 2.45. The van der Waals surface area contributed by atoms with Crippen molar-refractivity contribution >= 4 is 23.1 Å². The third-order valence-corrected chi connectivity index (χ3v) is 5.06. The smallest absolute Gasteiger partial charge is 0.295 e. The molecule has 9 heteroatoms. The second-order valence-electron chi connectivity index (χ2n) is 7.51. The second-order valence-corrected chi connectivity index (χ2v) is 7.51. The first-order valence-electron chi connectivity index (χ1n) is 9.64. The molecule has 2 aromatic carbocycles. The number of nitrogens with zero attached hydrogens (tertiary/aromatic N) is 3. The molecular weight excluding hydrogens is 405 g/mol. The van der Waals surface area contributed by atoms with Crippen LogP contribution in [0.1, 0.15) is 23.6 Å². The molecule has 0 bridgehead atoms. The van der Waals surface area contributed by atoms with Crippen molar-refractivity contribution in [2.75, 3.05) is 27.2 Å². The molecule has 0 spiro atoms. The minimum Gasteiger partial charge on any atom is -0.507 e. The normalized spacial score (nSPS) is 18.1. The quantitative estimate of drug-likeness (QED) is 0.239. The first-order chi connectivity index (χ1) is 14.7. The fourth-order valence-corrected chi connectivity index (χ4v) is 3.58. The number of likely N-dealkylation sites (tertiary alicyclic amines) is 1. The van der Waals surface area contributed by atoms with Gasteiger partial charge < -0.3 is 14.9 Å². The summed E-state index contributed by atoms with van der Waals surface area (Å²) in [6, 6.07) is 9.59. The van der Waals surface area contributed by atoms with E-state index in [-0.39, 0.29) is 23.4 Å². The van der Waals surface area contributed by atoms with E-state index in [2.05, 4.69) is 0 Å². The molecule has 3 rings (SSSR count). The molecule has 0 aromatic heterocycles. The number of nitro benzene ring substituents is 1. The van der Waals surface area contributed by atoms with Gasteiger partial charge in [0.05, 0.1) is 16.5 Å². The number of halogens is 1. The van der Waals surface area contributed by atoms with Crippen LogP contribution in [0.4, 0.5) is 10.1 Å². The monoisotopic (exact) mass is 427 g/mol. The number of aliphatic hydroxyl groups excluding tert-OH is 1. The van der Waals surface area contributed by atoms with Crippen molar-refractivity contribution in [3.63, 3.8) is 0 Å². The van der Waals surface area contributed by atoms with E-state index in [1.165, 1.54) is 47.4 Å². The van der Waals surface area contributed by atoms with Gasteiger partial charge in [0.15, 0.2) is 0 Å². The number of Topliss-reactive ketones (excluding diaryl/α,β-unsaturated/α-hetero) is 1. The highest BCUT2D eigenvalue weighted by molar-refractivity contribution is 6.46. The predicted octanol–water partition coefficient (Wildman–Crippen LogP) is 3.11. The number of carbonyl (C=O) groups excluding carboxylic acids is 2. The minimum atomic E-state index is -0.929. The van der Waals surface area contributed by atoms with Crippen LogP contribution < -0.4 is 0 Å². The van der Waals surface area contributed by atoms with Gasteiger partial charge in [-0.25, -0.2) is 4.39 Å². The number of carbonyl (C=O) groups is 2. The van der Waals surface area contributed by atoms with Gasteiger partial charge in [-0.15, -0.1) is 0 Å². The van der Waals surface area contributed by atoms with Crippen LogP contribution in [-0.2, 0) is 9.59 Å². The first kappa shape index (κ1) is 22.1. The number of non-ortho nitro benzene ring substituents is 1. The fourth-order valence-electron chi connectivity index (χ4n) is 3.58. The maximum atomic E-state index is 13.5. The molecule has 1 aliphatic rings. The van der Waals surface area contributed by atoms with Crippen LogP contribution in [0.3, 0.4) is 0 Å². The van der Waals surface area contributed by atoms with E-state index in [9.17, 15) is 29.2 Å². The number of rotatable bonds is 7. The van der Waals surface area contributed by atoms with Crippen molar-refractivity contribution in [3.05, 3.63) is 81.2 Å². The molecule has 1 heterocycles. The summed E-state index contributed by atoms with van der Waals surface area (Å²) in [5.74, 6) is -2.65. The molecule has 2 aromatic rings. The Kier molecular flexibility index (Phi) is 6.45. The lowest BCUT2D eigenvalue weighted by Gasteiger charge is -2.26. The van der Waals surface area contributed by atoms with Crippen molar-refractivity contribution < 1.29 is 24.0 Å². The minimum absolute atomic E-state index is 0.0487. The lowest BCUT2D eigenvalue weighted by molar-refractivity contribution is -0.384. The van der Waals surface area contributed by atoms with Gasteiger partial charge in [-0.2, -0.15) is 0 Å². The maximum absolute atomic E-state index is 13.5. The van der Waals surface area contributed by atoms with E-state index in [1.807, 2.05) is 19.0 Å². The van der Waals surface area contributed by atoms with E-state index in [0.29, 0.717) is 18.5 Å². The van der Waals surface area contributed by atoms with E-state index < -0.39 is 34.2 Å². The number of hydrogen-bond donors (Lipinski definition) is 1. The van der Waals surface area contributed by atoms with Crippen LogP contribution in [0.2, 0.25) is 0 Å². The summed E-state index contributed by atoms with van der Waals surface area (Å²) in [7, 11) is 3.77. The summed E-state index contributed by atoms with van der Waals surface area (Å²) >= 11 is 0. The first-order valence-corrected chi connectivity index (χ1v) is 9.64. The molecular formula is C22H22FN3O5. The summed E-state index contributed by atoms with van der Waals surface area (Å²) in [4.78, 5) is 39.4. The third kappa shape index (κ3) is 4.61. The van der Waals surface area contributed by atoms with E-state index in [4.69, 9.17) is 0 Å². The number of aliphatic hydroxyl groups is 1. The Labute approximate surface area is 178 Å². The second kappa shape index (κ2) is 9.05. The number of hydrogen-bond acceptors (Lipinski definition) is 6. The van der Waals surface area contributed by atoms with Crippen molar-refractivity contribution in [2.24, 2.45) is 0 Å². The van der Waals surface area contributed by atoms with E-state index in [0.717, 1.165) is 6.07 Å². The Hall–Kier alpha value is -3.59. The Morgan fingerprint density at radius 1 is 1.19 bits per heavy atom. The van der Waals surface area contributed by atoms with E-state index in [1.54, 1.807) is 0 Å². The zero-order chi connectivity index (χ0) is 22.7. The van der Waals surface area contributed by atoms with Crippen LogP contribution in [0.15, 0.2) is 54.1 Å². The molecule has 1 fully saturated rings. The predicted molar refractivity (Wildman–Crippen MR) is 112 cm³/mol. The number of nitro groups is 1. The lowest BCUT2D eigenvalue weighted by atomic mass is 9.95. The summed E-state index contributed by atoms with van der Waals surface area (Å²) in [5, 5.41) is 22.0.